The third-order valence-corrected chi connectivity index (χ3v) is 1.36. The fourth-order valence-electron chi connectivity index (χ4n) is 0.821. The molecule has 4 heteroatoms. The van der Waals surface area contributed by atoms with Gasteiger partial charge < -0.3 is 5.11 Å². The first-order chi connectivity index (χ1) is 4.97. The Morgan fingerprint density at radius 2 is 2.36 bits per heavy atom. The Hall–Kier alpha value is -0.540. The average Bonchev–Trinajstić information content (AvgIpc) is 2.10. The van der Waals surface area contributed by atoms with Crippen LogP contribution in [0.5, 0.6) is 0 Å². The summed E-state index contributed by atoms with van der Waals surface area (Å²) in [5, 5.41) is 13.7. The number of halogens is 1. The van der Waals surface area contributed by atoms with Crippen LogP contribution in [0.2, 0.25) is 5.15 Å². The van der Waals surface area contributed by atoms with Gasteiger partial charge in [0, 0.05) is 6.20 Å². The fourth-order valence-corrected chi connectivity index (χ4v) is 0.975. The van der Waals surface area contributed by atoms with E-state index >= 15 is 0 Å². The van der Waals surface area contributed by atoms with Crippen LogP contribution >= 0.6 is 11.6 Å². The van der Waals surface area contributed by atoms with Gasteiger partial charge in [-0.05, 0) is 19.9 Å². The standard InChI is InChI=1S/C7H11ClN2O/c1-7(2,11)5-10-4-3-6(8)9-10/h3-4,11H,5H2,1-2H3. The van der Waals surface area contributed by atoms with Gasteiger partial charge in [-0.3, -0.25) is 4.68 Å². The van der Waals surface area contributed by atoms with Crippen molar-refractivity contribution in [2.75, 3.05) is 0 Å². The number of aliphatic hydroxyl groups is 1. The van der Waals surface area contributed by atoms with Crippen molar-refractivity contribution < 1.29 is 5.11 Å². The zero-order chi connectivity index (χ0) is 8.48. The normalized spacial score (nSPS) is 12.0. The quantitative estimate of drug-likeness (QED) is 0.734. The van der Waals surface area contributed by atoms with E-state index in [4.69, 9.17) is 11.6 Å². The largest absolute Gasteiger partial charge is 0.389 e. The van der Waals surface area contributed by atoms with Crippen LogP contribution in [0.1, 0.15) is 13.8 Å². The summed E-state index contributed by atoms with van der Waals surface area (Å²) in [6, 6.07) is 1.69. The summed E-state index contributed by atoms with van der Waals surface area (Å²) in [5.41, 5.74) is -0.741. The predicted octanol–water partition coefficient (Wildman–Crippen LogP) is 1.31. The van der Waals surface area contributed by atoms with Gasteiger partial charge >= 0.3 is 0 Å². The smallest absolute Gasteiger partial charge is 0.151 e. The molecule has 0 aliphatic carbocycles. The van der Waals surface area contributed by atoms with Crippen LogP contribution in [0.15, 0.2) is 12.3 Å². The molecule has 1 aromatic heterocycles. The fraction of sp³-hybridized carbons (Fsp3) is 0.571. The Labute approximate surface area is 70.6 Å². The molecule has 1 N–H and O–H groups in total. The lowest BCUT2D eigenvalue weighted by molar-refractivity contribution is 0.0578. The summed E-state index contributed by atoms with van der Waals surface area (Å²) in [6.07, 6.45) is 1.74. The lowest BCUT2D eigenvalue weighted by atomic mass is 10.1. The molecule has 62 valence electrons. The molecule has 0 amide bonds. The SMILES string of the molecule is CC(C)(O)Cn1ccc(Cl)n1. The minimum Gasteiger partial charge on any atom is -0.389 e. The van der Waals surface area contributed by atoms with Gasteiger partial charge in [0.1, 0.15) is 0 Å². The number of aromatic nitrogens is 2. The zero-order valence-corrected chi connectivity index (χ0v) is 7.34. The molecule has 0 aliphatic rings. The maximum Gasteiger partial charge on any atom is 0.151 e. The molecule has 0 atom stereocenters. The molecule has 0 aromatic carbocycles. The van der Waals surface area contributed by atoms with Crippen LogP contribution in [0.3, 0.4) is 0 Å². The monoisotopic (exact) mass is 174 g/mol. The first-order valence-electron chi connectivity index (χ1n) is 3.39. The van der Waals surface area contributed by atoms with Crippen LogP contribution < -0.4 is 0 Å². The highest BCUT2D eigenvalue weighted by molar-refractivity contribution is 6.29. The number of rotatable bonds is 2. The lowest BCUT2D eigenvalue weighted by Crippen LogP contribution is -2.26. The van der Waals surface area contributed by atoms with E-state index in [1.54, 1.807) is 30.8 Å². The van der Waals surface area contributed by atoms with Crippen molar-refractivity contribution in [1.29, 1.82) is 0 Å². The molecule has 1 rings (SSSR count). The van der Waals surface area contributed by atoms with E-state index in [-0.39, 0.29) is 0 Å². The Morgan fingerprint density at radius 1 is 1.73 bits per heavy atom. The molecule has 0 unspecified atom stereocenters. The third-order valence-electron chi connectivity index (χ3n) is 1.16. The van der Waals surface area contributed by atoms with Gasteiger partial charge in [-0.25, -0.2) is 0 Å². The minimum atomic E-state index is -0.741. The van der Waals surface area contributed by atoms with Gasteiger partial charge in [0.05, 0.1) is 12.1 Å². The molecule has 0 saturated heterocycles. The summed E-state index contributed by atoms with van der Waals surface area (Å²) in [6.45, 7) is 3.91. The van der Waals surface area contributed by atoms with Crippen molar-refractivity contribution in [2.45, 2.75) is 26.0 Å². The second kappa shape index (κ2) is 2.83. The number of hydrogen-bond donors (Lipinski definition) is 1. The highest BCUT2D eigenvalue weighted by atomic mass is 35.5. The molecule has 0 bridgehead atoms. The molecular formula is C7H11ClN2O. The van der Waals surface area contributed by atoms with E-state index in [2.05, 4.69) is 5.10 Å². The first-order valence-corrected chi connectivity index (χ1v) is 3.76. The van der Waals surface area contributed by atoms with Crippen LogP contribution in [-0.2, 0) is 6.54 Å². The molecule has 3 nitrogen and oxygen atoms in total. The Balaban J connectivity index is 2.65. The van der Waals surface area contributed by atoms with Crippen molar-refractivity contribution in [2.24, 2.45) is 0 Å². The van der Waals surface area contributed by atoms with Crippen LogP contribution in [0.25, 0.3) is 0 Å². The Kier molecular flexibility index (Phi) is 2.20. The highest BCUT2D eigenvalue weighted by Gasteiger charge is 2.13. The van der Waals surface area contributed by atoms with Crippen molar-refractivity contribution >= 4 is 11.6 Å². The average molecular weight is 175 g/mol. The molecule has 0 radical (unpaired) electrons. The van der Waals surface area contributed by atoms with Crippen molar-refractivity contribution in [3.8, 4) is 0 Å². The van der Waals surface area contributed by atoms with E-state index in [1.807, 2.05) is 0 Å². The molecule has 1 heterocycles. The second-order valence-corrected chi connectivity index (χ2v) is 3.54. The van der Waals surface area contributed by atoms with E-state index in [1.165, 1.54) is 0 Å². The van der Waals surface area contributed by atoms with Gasteiger partial charge in [0.15, 0.2) is 5.15 Å². The maximum absolute atomic E-state index is 9.38. The van der Waals surface area contributed by atoms with Gasteiger partial charge in [0.2, 0.25) is 0 Å². The summed E-state index contributed by atoms with van der Waals surface area (Å²) < 4.78 is 1.61. The van der Waals surface area contributed by atoms with Crippen LogP contribution in [-0.4, -0.2) is 20.5 Å². The van der Waals surface area contributed by atoms with Crippen molar-refractivity contribution in [1.82, 2.24) is 9.78 Å². The summed E-state index contributed by atoms with van der Waals surface area (Å²) in [4.78, 5) is 0. The third kappa shape index (κ3) is 2.91. The van der Waals surface area contributed by atoms with Crippen molar-refractivity contribution in [3.05, 3.63) is 17.4 Å². The Bertz CT molecular complexity index is 239. The molecule has 0 saturated carbocycles. The van der Waals surface area contributed by atoms with E-state index in [9.17, 15) is 5.11 Å². The van der Waals surface area contributed by atoms with Gasteiger partial charge in [0.25, 0.3) is 0 Å². The van der Waals surface area contributed by atoms with E-state index in [0.717, 1.165) is 0 Å². The van der Waals surface area contributed by atoms with Crippen LogP contribution in [0.4, 0.5) is 0 Å². The molecule has 1 aromatic rings. The molecule has 0 aliphatic heterocycles. The summed E-state index contributed by atoms with van der Waals surface area (Å²) in [7, 11) is 0. The van der Waals surface area contributed by atoms with E-state index in [0.29, 0.717) is 11.7 Å². The highest BCUT2D eigenvalue weighted by Crippen LogP contribution is 2.07. The second-order valence-electron chi connectivity index (χ2n) is 3.15. The van der Waals surface area contributed by atoms with E-state index < -0.39 is 5.60 Å². The topological polar surface area (TPSA) is 38.0 Å². The van der Waals surface area contributed by atoms with Gasteiger partial charge in [-0.2, -0.15) is 5.10 Å². The van der Waals surface area contributed by atoms with Crippen LogP contribution in [0, 0.1) is 0 Å². The molecular weight excluding hydrogens is 164 g/mol. The molecule has 0 spiro atoms. The lowest BCUT2D eigenvalue weighted by Gasteiger charge is -2.16. The molecule has 11 heavy (non-hydrogen) atoms. The summed E-state index contributed by atoms with van der Waals surface area (Å²) in [5.74, 6) is 0. The van der Waals surface area contributed by atoms with Gasteiger partial charge in [-0.15, -0.1) is 0 Å². The molecule has 0 fully saturated rings. The predicted molar refractivity (Wildman–Crippen MR) is 43.5 cm³/mol. The number of hydrogen-bond acceptors (Lipinski definition) is 2. The number of nitrogens with zero attached hydrogens (tertiary/aromatic N) is 2. The Morgan fingerprint density at radius 3 is 2.73 bits per heavy atom. The minimum absolute atomic E-state index is 0.453. The van der Waals surface area contributed by atoms with Gasteiger partial charge in [-0.1, -0.05) is 11.6 Å². The first kappa shape index (κ1) is 8.56. The van der Waals surface area contributed by atoms with Crippen molar-refractivity contribution in [3.63, 3.8) is 0 Å². The zero-order valence-electron chi connectivity index (χ0n) is 6.58. The maximum atomic E-state index is 9.38. The summed E-state index contributed by atoms with van der Waals surface area (Å²) >= 11 is 5.58.